The molecule has 2 aromatic rings. The van der Waals surface area contributed by atoms with Gasteiger partial charge in [-0.25, -0.2) is 14.6 Å². The van der Waals surface area contributed by atoms with Crippen LogP contribution in [-0.2, 0) is 0 Å². The van der Waals surface area contributed by atoms with Gasteiger partial charge in [0.15, 0.2) is 5.82 Å². The van der Waals surface area contributed by atoms with Gasteiger partial charge in [-0.05, 0) is 37.7 Å². The van der Waals surface area contributed by atoms with Crippen LogP contribution in [0.25, 0.3) is 5.82 Å². The molecule has 6 nitrogen and oxygen atoms in total. The Morgan fingerprint density at radius 2 is 1.68 bits per heavy atom. The second-order valence-electron chi connectivity index (χ2n) is 8.11. The van der Waals surface area contributed by atoms with Crippen LogP contribution in [0.2, 0.25) is 0 Å². The Morgan fingerprint density at radius 3 is 2.28 bits per heavy atom. The van der Waals surface area contributed by atoms with Gasteiger partial charge in [0.25, 0.3) is 0 Å². The van der Waals surface area contributed by atoms with Crippen LogP contribution >= 0.6 is 0 Å². The van der Waals surface area contributed by atoms with Crippen molar-refractivity contribution >= 4 is 5.82 Å². The van der Waals surface area contributed by atoms with Crippen molar-refractivity contribution in [3.05, 3.63) is 29.8 Å². The van der Waals surface area contributed by atoms with E-state index in [1.807, 2.05) is 11.6 Å². The standard InChI is InChI=1S/C19H28N6/c1-13(2)7-23-8-16-10-24(11-17(16)9-23)18-6-19(21-12-20-18)25-15(4)5-14(3)22-25/h5-6,12-13,16-17H,7-11H2,1-4H3. The molecule has 2 saturated heterocycles. The number of aryl methyl sites for hydroxylation is 2. The highest BCUT2D eigenvalue weighted by molar-refractivity contribution is 5.45. The minimum Gasteiger partial charge on any atom is -0.356 e. The molecular weight excluding hydrogens is 312 g/mol. The maximum atomic E-state index is 4.54. The number of likely N-dealkylation sites (tertiary alicyclic amines) is 1. The third-order valence-electron chi connectivity index (χ3n) is 5.37. The molecule has 4 rings (SSSR count). The van der Waals surface area contributed by atoms with Gasteiger partial charge in [-0.15, -0.1) is 0 Å². The van der Waals surface area contributed by atoms with E-state index in [4.69, 9.17) is 0 Å². The Morgan fingerprint density at radius 1 is 1.00 bits per heavy atom. The highest BCUT2D eigenvalue weighted by Gasteiger charge is 2.40. The molecule has 0 N–H and O–H groups in total. The first-order chi connectivity index (χ1) is 12.0. The first kappa shape index (κ1) is 16.5. The van der Waals surface area contributed by atoms with E-state index in [9.17, 15) is 0 Å². The van der Waals surface area contributed by atoms with Gasteiger partial charge in [0.1, 0.15) is 12.1 Å². The van der Waals surface area contributed by atoms with Crippen molar-refractivity contribution in [2.24, 2.45) is 17.8 Å². The van der Waals surface area contributed by atoms with Gasteiger partial charge in [-0.2, -0.15) is 5.10 Å². The summed E-state index contributed by atoms with van der Waals surface area (Å²) in [5.41, 5.74) is 2.11. The minimum absolute atomic E-state index is 0.750. The molecule has 0 saturated carbocycles. The van der Waals surface area contributed by atoms with Gasteiger partial charge >= 0.3 is 0 Å². The molecule has 0 radical (unpaired) electrons. The molecule has 4 heterocycles. The van der Waals surface area contributed by atoms with Crippen molar-refractivity contribution < 1.29 is 0 Å². The second kappa shape index (κ2) is 6.41. The van der Waals surface area contributed by atoms with Crippen molar-refractivity contribution in [1.29, 1.82) is 0 Å². The highest BCUT2D eigenvalue weighted by Crippen LogP contribution is 2.33. The van der Waals surface area contributed by atoms with Gasteiger partial charge in [-0.1, -0.05) is 13.8 Å². The zero-order valence-corrected chi connectivity index (χ0v) is 15.7. The second-order valence-corrected chi connectivity index (χ2v) is 8.11. The Bertz CT molecular complexity index is 738. The Balaban J connectivity index is 1.48. The average Bonchev–Trinajstić information content (AvgIpc) is 3.19. The quantitative estimate of drug-likeness (QED) is 0.855. The third-order valence-corrected chi connectivity index (χ3v) is 5.37. The first-order valence-electron chi connectivity index (χ1n) is 9.32. The Labute approximate surface area is 149 Å². The first-order valence-corrected chi connectivity index (χ1v) is 9.32. The van der Waals surface area contributed by atoms with Gasteiger partial charge in [0.2, 0.25) is 0 Å². The molecule has 2 atom stereocenters. The fraction of sp³-hybridized carbons (Fsp3) is 0.632. The molecule has 134 valence electrons. The number of anilines is 1. The SMILES string of the molecule is Cc1cc(C)n(-c2cc(N3CC4CN(CC(C)C)CC4C3)ncn2)n1. The van der Waals surface area contributed by atoms with Crippen molar-refractivity contribution in [2.75, 3.05) is 37.6 Å². The predicted molar refractivity (Wildman–Crippen MR) is 99.1 cm³/mol. The molecule has 2 fully saturated rings. The van der Waals surface area contributed by atoms with Gasteiger partial charge < -0.3 is 9.80 Å². The van der Waals surface area contributed by atoms with Gasteiger partial charge in [-0.3, -0.25) is 0 Å². The van der Waals surface area contributed by atoms with E-state index in [2.05, 4.69) is 57.8 Å². The van der Waals surface area contributed by atoms with Crippen molar-refractivity contribution in [3.63, 3.8) is 0 Å². The molecule has 0 aromatic carbocycles. The van der Waals surface area contributed by atoms with E-state index in [1.165, 1.54) is 19.6 Å². The lowest BCUT2D eigenvalue weighted by Gasteiger charge is -2.23. The third kappa shape index (κ3) is 3.27. The Hall–Kier alpha value is -1.95. The van der Waals surface area contributed by atoms with Crippen molar-refractivity contribution in [3.8, 4) is 5.82 Å². The molecule has 0 amide bonds. The van der Waals surface area contributed by atoms with Crippen LogP contribution in [0.15, 0.2) is 18.5 Å². The fourth-order valence-electron chi connectivity index (χ4n) is 4.43. The monoisotopic (exact) mass is 340 g/mol. The smallest absolute Gasteiger partial charge is 0.159 e. The summed E-state index contributed by atoms with van der Waals surface area (Å²) in [6, 6.07) is 4.15. The lowest BCUT2D eigenvalue weighted by Crippen LogP contribution is -2.31. The van der Waals surface area contributed by atoms with Crippen LogP contribution in [-0.4, -0.2) is 57.4 Å². The van der Waals surface area contributed by atoms with Crippen molar-refractivity contribution in [1.82, 2.24) is 24.6 Å². The maximum Gasteiger partial charge on any atom is 0.159 e. The fourth-order valence-corrected chi connectivity index (χ4v) is 4.43. The summed E-state index contributed by atoms with van der Waals surface area (Å²) < 4.78 is 1.90. The number of aromatic nitrogens is 4. The lowest BCUT2D eigenvalue weighted by molar-refractivity contribution is 0.280. The molecule has 2 aliphatic rings. The largest absolute Gasteiger partial charge is 0.356 e. The lowest BCUT2D eigenvalue weighted by atomic mass is 10.0. The predicted octanol–water partition coefficient (Wildman–Crippen LogP) is 2.30. The van der Waals surface area contributed by atoms with Crippen LogP contribution in [0.4, 0.5) is 5.82 Å². The summed E-state index contributed by atoms with van der Waals surface area (Å²) in [4.78, 5) is 14.0. The molecule has 25 heavy (non-hydrogen) atoms. The summed E-state index contributed by atoms with van der Waals surface area (Å²) in [7, 11) is 0. The molecule has 0 bridgehead atoms. The Kier molecular flexibility index (Phi) is 4.23. The maximum absolute atomic E-state index is 4.54. The van der Waals surface area contributed by atoms with E-state index >= 15 is 0 Å². The molecule has 2 aromatic heterocycles. The van der Waals surface area contributed by atoms with Crippen LogP contribution in [0.3, 0.4) is 0 Å². The summed E-state index contributed by atoms with van der Waals surface area (Å²) >= 11 is 0. The van der Waals surface area contributed by atoms with Crippen molar-refractivity contribution in [2.45, 2.75) is 27.7 Å². The highest BCUT2D eigenvalue weighted by atomic mass is 15.3. The van der Waals surface area contributed by atoms with Crippen LogP contribution in [0.1, 0.15) is 25.2 Å². The molecular formula is C19H28N6. The van der Waals surface area contributed by atoms with E-state index in [-0.39, 0.29) is 0 Å². The summed E-state index contributed by atoms with van der Waals surface area (Å²) in [6.45, 7) is 14.6. The van der Waals surface area contributed by atoms with Gasteiger partial charge in [0, 0.05) is 44.5 Å². The number of hydrogen-bond donors (Lipinski definition) is 0. The number of rotatable bonds is 4. The van der Waals surface area contributed by atoms with Crippen LogP contribution < -0.4 is 4.90 Å². The van der Waals surface area contributed by atoms with E-state index in [0.717, 1.165) is 53.9 Å². The van der Waals surface area contributed by atoms with Crippen LogP contribution in [0.5, 0.6) is 0 Å². The molecule has 0 aliphatic carbocycles. The molecule has 2 aliphatic heterocycles. The topological polar surface area (TPSA) is 50.1 Å². The number of nitrogens with zero attached hydrogens (tertiary/aromatic N) is 6. The van der Waals surface area contributed by atoms with E-state index < -0.39 is 0 Å². The average molecular weight is 340 g/mol. The zero-order valence-electron chi connectivity index (χ0n) is 15.7. The number of fused-ring (bicyclic) bond motifs is 1. The normalized spacial score (nSPS) is 23.6. The van der Waals surface area contributed by atoms with Gasteiger partial charge in [0.05, 0.1) is 5.69 Å². The van der Waals surface area contributed by atoms with Crippen LogP contribution in [0, 0.1) is 31.6 Å². The summed E-state index contributed by atoms with van der Waals surface area (Å²) in [5, 5.41) is 4.54. The van der Waals surface area contributed by atoms with E-state index in [0.29, 0.717) is 0 Å². The summed E-state index contributed by atoms with van der Waals surface area (Å²) in [6.07, 6.45) is 1.67. The molecule has 2 unspecified atom stereocenters. The number of hydrogen-bond acceptors (Lipinski definition) is 5. The zero-order chi connectivity index (χ0) is 17.6. The summed E-state index contributed by atoms with van der Waals surface area (Å²) in [5.74, 6) is 4.17. The van der Waals surface area contributed by atoms with E-state index in [1.54, 1.807) is 6.33 Å². The molecule has 6 heteroatoms. The minimum atomic E-state index is 0.750. The molecule has 0 spiro atoms.